The van der Waals surface area contributed by atoms with Gasteiger partial charge in [-0.05, 0) is 57.2 Å². The third-order valence-electron chi connectivity index (χ3n) is 3.72. The minimum absolute atomic E-state index is 0.936. The Labute approximate surface area is 102 Å². The Bertz CT molecular complexity index is 164. The first kappa shape index (κ1) is 14.0. The van der Waals surface area contributed by atoms with Gasteiger partial charge < -0.3 is 10.2 Å². The number of hydrogen-bond acceptors (Lipinski definition) is 2. The predicted octanol–water partition coefficient (Wildman–Crippen LogP) is 2.74. The van der Waals surface area contributed by atoms with E-state index in [9.17, 15) is 0 Å². The fraction of sp³-hybridized carbons (Fsp3) is 1.00. The molecule has 2 nitrogen and oxygen atoms in total. The minimum Gasteiger partial charge on any atom is -0.317 e. The number of hydrogen-bond donors (Lipinski definition) is 1. The largest absolute Gasteiger partial charge is 0.317 e. The number of nitrogens with zero attached hydrogens (tertiary/aromatic N) is 1. The molecule has 2 saturated heterocycles. The van der Waals surface area contributed by atoms with Crippen LogP contribution in [0.2, 0.25) is 0 Å². The average Bonchev–Trinajstić information content (AvgIpc) is 2.33. The van der Waals surface area contributed by atoms with Crippen molar-refractivity contribution in [3.05, 3.63) is 0 Å². The molecule has 2 aliphatic rings. The van der Waals surface area contributed by atoms with Crippen LogP contribution in [0.1, 0.15) is 46.5 Å². The lowest BCUT2D eigenvalue weighted by atomic mass is 9.94. The number of nitrogens with one attached hydrogen (secondary N) is 1. The Balaban J connectivity index is 0.000000606. The van der Waals surface area contributed by atoms with Gasteiger partial charge in [-0.1, -0.05) is 20.8 Å². The van der Waals surface area contributed by atoms with Crippen molar-refractivity contribution in [2.45, 2.75) is 46.5 Å². The summed E-state index contributed by atoms with van der Waals surface area (Å²) in [4.78, 5) is 2.70. The first-order chi connectivity index (χ1) is 7.84. The van der Waals surface area contributed by atoms with Crippen LogP contribution < -0.4 is 5.32 Å². The maximum Gasteiger partial charge on any atom is 0.00107 e. The van der Waals surface area contributed by atoms with E-state index in [1.807, 2.05) is 13.8 Å². The second kappa shape index (κ2) is 8.08. The molecule has 1 atom stereocenters. The van der Waals surface area contributed by atoms with Crippen LogP contribution in [-0.4, -0.2) is 37.6 Å². The highest BCUT2D eigenvalue weighted by atomic mass is 15.1. The first-order valence-corrected chi connectivity index (χ1v) is 7.27. The molecule has 16 heavy (non-hydrogen) atoms. The van der Waals surface area contributed by atoms with E-state index < -0.39 is 0 Å². The van der Waals surface area contributed by atoms with Crippen LogP contribution in [0.5, 0.6) is 0 Å². The first-order valence-electron chi connectivity index (χ1n) is 7.27. The lowest BCUT2D eigenvalue weighted by Crippen LogP contribution is -2.40. The topological polar surface area (TPSA) is 15.3 Å². The Morgan fingerprint density at radius 2 is 1.81 bits per heavy atom. The van der Waals surface area contributed by atoms with E-state index in [-0.39, 0.29) is 0 Å². The maximum absolute atomic E-state index is 3.44. The molecule has 0 amide bonds. The van der Waals surface area contributed by atoms with Crippen LogP contribution >= 0.6 is 0 Å². The van der Waals surface area contributed by atoms with Crippen molar-refractivity contribution in [2.75, 3.05) is 32.7 Å². The van der Waals surface area contributed by atoms with Crippen LogP contribution in [0.15, 0.2) is 0 Å². The van der Waals surface area contributed by atoms with Gasteiger partial charge in [0.1, 0.15) is 0 Å². The quantitative estimate of drug-likeness (QED) is 0.779. The zero-order chi connectivity index (χ0) is 11.8. The van der Waals surface area contributed by atoms with E-state index >= 15 is 0 Å². The molecular weight excluding hydrogens is 196 g/mol. The predicted molar refractivity (Wildman–Crippen MR) is 71.8 cm³/mol. The van der Waals surface area contributed by atoms with Gasteiger partial charge in [-0.2, -0.15) is 0 Å². The van der Waals surface area contributed by atoms with Gasteiger partial charge in [0.05, 0.1) is 0 Å². The molecule has 0 saturated carbocycles. The second-order valence-electron chi connectivity index (χ2n) is 5.20. The monoisotopic (exact) mass is 226 g/mol. The number of piperidine rings is 2. The zero-order valence-electron chi connectivity index (χ0n) is 11.5. The second-order valence-corrected chi connectivity index (χ2v) is 5.20. The van der Waals surface area contributed by atoms with Crippen LogP contribution in [-0.2, 0) is 0 Å². The van der Waals surface area contributed by atoms with Crippen LogP contribution in [0.3, 0.4) is 0 Å². The maximum atomic E-state index is 3.44. The summed E-state index contributed by atoms with van der Waals surface area (Å²) < 4.78 is 0. The fourth-order valence-corrected chi connectivity index (χ4v) is 2.88. The highest BCUT2D eigenvalue weighted by Gasteiger charge is 2.20. The van der Waals surface area contributed by atoms with E-state index in [1.54, 1.807) is 0 Å². The normalized spacial score (nSPS) is 28.3. The van der Waals surface area contributed by atoms with Crippen molar-refractivity contribution in [1.82, 2.24) is 10.2 Å². The molecule has 0 unspecified atom stereocenters. The van der Waals surface area contributed by atoms with Crippen LogP contribution in [0, 0.1) is 11.8 Å². The Morgan fingerprint density at radius 1 is 1.12 bits per heavy atom. The molecule has 0 aromatic rings. The van der Waals surface area contributed by atoms with Crippen molar-refractivity contribution < 1.29 is 0 Å². The van der Waals surface area contributed by atoms with Gasteiger partial charge in [-0.3, -0.25) is 0 Å². The standard InChI is InChI=1S/C12H24N2.C2H6/c1-11-3-2-8-14(9-11)10-12-4-6-13-7-5-12;1-2/h11-13H,2-10H2,1H3;1-2H3/t11-;/m1./s1. The molecule has 0 radical (unpaired) electrons. The molecule has 0 aliphatic carbocycles. The zero-order valence-corrected chi connectivity index (χ0v) is 11.5. The van der Waals surface area contributed by atoms with E-state index in [4.69, 9.17) is 0 Å². The molecule has 2 rings (SSSR count). The fourth-order valence-electron chi connectivity index (χ4n) is 2.88. The van der Waals surface area contributed by atoms with Gasteiger partial charge in [0.2, 0.25) is 0 Å². The average molecular weight is 226 g/mol. The summed E-state index contributed by atoms with van der Waals surface area (Å²) in [6, 6.07) is 0. The summed E-state index contributed by atoms with van der Waals surface area (Å²) in [5, 5.41) is 3.44. The van der Waals surface area contributed by atoms with Crippen molar-refractivity contribution in [1.29, 1.82) is 0 Å². The Kier molecular flexibility index (Phi) is 7.06. The van der Waals surface area contributed by atoms with Gasteiger partial charge in [0.25, 0.3) is 0 Å². The van der Waals surface area contributed by atoms with E-state index in [0.29, 0.717) is 0 Å². The van der Waals surface area contributed by atoms with Gasteiger partial charge in [0, 0.05) is 13.1 Å². The van der Waals surface area contributed by atoms with Crippen molar-refractivity contribution >= 4 is 0 Å². The Morgan fingerprint density at radius 3 is 2.44 bits per heavy atom. The molecule has 2 heterocycles. The van der Waals surface area contributed by atoms with Gasteiger partial charge in [-0.15, -0.1) is 0 Å². The minimum atomic E-state index is 0.936. The molecule has 0 aromatic heterocycles. The Hall–Kier alpha value is -0.0800. The molecule has 0 aromatic carbocycles. The number of rotatable bonds is 2. The highest BCUT2D eigenvalue weighted by Crippen LogP contribution is 2.19. The summed E-state index contributed by atoms with van der Waals surface area (Å²) in [5.41, 5.74) is 0. The van der Waals surface area contributed by atoms with Gasteiger partial charge in [-0.25, -0.2) is 0 Å². The SMILES string of the molecule is CC.C[C@@H]1CCCN(CC2CCNCC2)C1. The van der Waals surface area contributed by atoms with Crippen LogP contribution in [0.25, 0.3) is 0 Å². The van der Waals surface area contributed by atoms with Crippen molar-refractivity contribution in [2.24, 2.45) is 11.8 Å². The van der Waals surface area contributed by atoms with E-state index in [1.165, 1.54) is 58.4 Å². The van der Waals surface area contributed by atoms with Crippen LogP contribution in [0.4, 0.5) is 0 Å². The summed E-state index contributed by atoms with van der Waals surface area (Å²) in [7, 11) is 0. The molecule has 2 heteroatoms. The summed E-state index contributed by atoms with van der Waals surface area (Å²) >= 11 is 0. The third kappa shape index (κ3) is 4.84. The van der Waals surface area contributed by atoms with Crippen molar-refractivity contribution in [3.63, 3.8) is 0 Å². The smallest absolute Gasteiger partial charge is 0.00107 e. The molecule has 2 fully saturated rings. The van der Waals surface area contributed by atoms with Gasteiger partial charge in [0.15, 0.2) is 0 Å². The highest BCUT2D eigenvalue weighted by molar-refractivity contribution is 4.76. The van der Waals surface area contributed by atoms with Gasteiger partial charge >= 0.3 is 0 Å². The summed E-state index contributed by atoms with van der Waals surface area (Å²) in [5.74, 6) is 1.91. The molecule has 2 aliphatic heterocycles. The van der Waals surface area contributed by atoms with Crippen molar-refractivity contribution in [3.8, 4) is 0 Å². The molecule has 0 bridgehead atoms. The lowest BCUT2D eigenvalue weighted by Gasteiger charge is -2.35. The molecule has 0 spiro atoms. The molecule has 1 N–H and O–H groups in total. The van der Waals surface area contributed by atoms with E-state index in [2.05, 4.69) is 17.1 Å². The lowest BCUT2D eigenvalue weighted by molar-refractivity contribution is 0.147. The third-order valence-corrected chi connectivity index (χ3v) is 3.72. The number of likely N-dealkylation sites (tertiary alicyclic amines) is 1. The molecular formula is C14H30N2. The summed E-state index contributed by atoms with van der Waals surface area (Å²) in [6.07, 6.45) is 5.66. The van der Waals surface area contributed by atoms with E-state index in [0.717, 1.165) is 11.8 Å². The molecule has 96 valence electrons. The summed E-state index contributed by atoms with van der Waals surface area (Å²) in [6.45, 7) is 13.0.